The van der Waals surface area contributed by atoms with Gasteiger partial charge in [-0.25, -0.2) is 0 Å². The first-order valence-corrected chi connectivity index (χ1v) is 8.47. The monoisotopic (exact) mass is 332 g/mol. The van der Waals surface area contributed by atoms with Crippen LogP contribution < -0.4 is 20.5 Å². The third kappa shape index (κ3) is 4.09. The molecule has 0 bridgehead atoms. The molecule has 1 amide bonds. The fourth-order valence-corrected chi connectivity index (χ4v) is 3.50. The zero-order valence-electron chi connectivity index (χ0n) is 14.6. The van der Waals surface area contributed by atoms with E-state index in [1.807, 2.05) is 18.2 Å². The van der Waals surface area contributed by atoms with Gasteiger partial charge in [-0.2, -0.15) is 0 Å². The summed E-state index contributed by atoms with van der Waals surface area (Å²) in [6, 6.07) is 3.93. The highest BCUT2D eigenvalue weighted by Gasteiger charge is 2.31. The molecule has 0 heterocycles. The van der Waals surface area contributed by atoms with Crippen molar-refractivity contribution in [2.75, 3.05) is 20.8 Å². The summed E-state index contributed by atoms with van der Waals surface area (Å²) in [5.74, 6) is 1.84. The van der Waals surface area contributed by atoms with E-state index in [1.165, 1.54) is 0 Å². The number of amides is 1. The van der Waals surface area contributed by atoms with Gasteiger partial charge < -0.3 is 20.5 Å². The number of benzene rings is 1. The highest BCUT2D eigenvalue weighted by atomic mass is 16.5. The van der Waals surface area contributed by atoms with E-state index in [0.717, 1.165) is 30.4 Å². The van der Waals surface area contributed by atoms with Crippen LogP contribution in [0.15, 0.2) is 24.8 Å². The Morgan fingerprint density at radius 3 is 2.79 bits per heavy atom. The molecule has 1 aliphatic carbocycles. The van der Waals surface area contributed by atoms with Crippen LogP contribution in [0.2, 0.25) is 0 Å². The Morgan fingerprint density at radius 1 is 1.38 bits per heavy atom. The first-order chi connectivity index (χ1) is 11.6. The van der Waals surface area contributed by atoms with Crippen molar-refractivity contribution in [3.8, 4) is 11.5 Å². The zero-order valence-corrected chi connectivity index (χ0v) is 14.6. The predicted octanol–water partition coefficient (Wildman–Crippen LogP) is 2.42. The van der Waals surface area contributed by atoms with Crippen molar-refractivity contribution >= 4 is 5.91 Å². The molecule has 2 atom stereocenters. The van der Waals surface area contributed by atoms with Crippen LogP contribution in [0, 0.1) is 11.8 Å². The minimum Gasteiger partial charge on any atom is -0.493 e. The van der Waals surface area contributed by atoms with E-state index in [-0.39, 0.29) is 11.8 Å². The number of hydrogen-bond donors (Lipinski definition) is 2. The molecule has 1 aliphatic rings. The maximum absolute atomic E-state index is 12.4. The summed E-state index contributed by atoms with van der Waals surface area (Å²) in [5, 5.41) is 3.05. The van der Waals surface area contributed by atoms with Gasteiger partial charge in [0.1, 0.15) is 0 Å². The lowest BCUT2D eigenvalue weighted by atomic mass is 9.95. The van der Waals surface area contributed by atoms with Crippen molar-refractivity contribution in [3.05, 3.63) is 35.9 Å². The van der Waals surface area contributed by atoms with Crippen LogP contribution in [0.3, 0.4) is 0 Å². The van der Waals surface area contributed by atoms with E-state index in [2.05, 4.69) is 11.9 Å². The van der Waals surface area contributed by atoms with Crippen molar-refractivity contribution in [1.82, 2.24) is 5.32 Å². The fraction of sp³-hybridized carbons (Fsp3) is 0.526. The Bertz CT molecular complexity index is 586. The molecule has 0 radical (unpaired) electrons. The first-order valence-electron chi connectivity index (χ1n) is 8.47. The standard InChI is InChI=1S/C19H28N2O3/c1-4-6-14-9-13(10-17(23-2)18(14)24-3)12-21-19(22)16-8-5-7-15(16)11-20/h4,9-10,15-16H,1,5-8,11-12,20H2,2-3H3,(H,21,22)/t15-,16-/m1/s1. The highest BCUT2D eigenvalue weighted by Crippen LogP contribution is 2.34. The summed E-state index contributed by atoms with van der Waals surface area (Å²) >= 11 is 0. The van der Waals surface area contributed by atoms with Crippen LogP contribution in [0.1, 0.15) is 30.4 Å². The van der Waals surface area contributed by atoms with Crippen LogP contribution in [0.5, 0.6) is 11.5 Å². The summed E-state index contributed by atoms with van der Waals surface area (Å²) in [7, 11) is 3.24. The molecular weight excluding hydrogens is 304 g/mol. The van der Waals surface area contributed by atoms with Crippen LogP contribution in [-0.2, 0) is 17.8 Å². The second kappa shape index (κ2) is 8.73. The van der Waals surface area contributed by atoms with Crippen LogP contribution in [0.25, 0.3) is 0 Å². The van der Waals surface area contributed by atoms with E-state index in [9.17, 15) is 4.79 Å². The molecule has 3 N–H and O–H groups in total. The molecule has 5 heteroatoms. The van der Waals surface area contributed by atoms with Gasteiger partial charge in [0.15, 0.2) is 11.5 Å². The van der Waals surface area contributed by atoms with E-state index in [1.54, 1.807) is 14.2 Å². The summed E-state index contributed by atoms with van der Waals surface area (Å²) < 4.78 is 10.9. The lowest BCUT2D eigenvalue weighted by molar-refractivity contribution is -0.126. The van der Waals surface area contributed by atoms with Crippen molar-refractivity contribution in [1.29, 1.82) is 0 Å². The van der Waals surface area contributed by atoms with Gasteiger partial charge in [-0.3, -0.25) is 4.79 Å². The molecule has 5 nitrogen and oxygen atoms in total. The number of nitrogens with one attached hydrogen (secondary N) is 1. The molecule has 0 spiro atoms. The largest absolute Gasteiger partial charge is 0.493 e. The van der Waals surface area contributed by atoms with Crippen molar-refractivity contribution in [3.63, 3.8) is 0 Å². The van der Waals surface area contributed by atoms with Gasteiger partial charge in [-0.1, -0.05) is 12.5 Å². The molecule has 0 aliphatic heterocycles. The molecule has 1 aromatic rings. The molecule has 2 rings (SSSR count). The second-order valence-electron chi connectivity index (χ2n) is 6.23. The summed E-state index contributed by atoms with van der Waals surface area (Å²) in [4.78, 5) is 12.4. The van der Waals surface area contributed by atoms with Crippen LogP contribution >= 0.6 is 0 Å². The van der Waals surface area contributed by atoms with E-state index in [4.69, 9.17) is 15.2 Å². The molecular formula is C19H28N2O3. The van der Waals surface area contributed by atoms with E-state index in [0.29, 0.717) is 36.9 Å². The topological polar surface area (TPSA) is 73.6 Å². The summed E-state index contributed by atoms with van der Waals surface area (Å²) in [6.45, 7) is 4.83. The van der Waals surface area contributed by atoms with Gasteiger partial charge in [0, 0.05) is 18.0 Å². The molecule has 24 heavy (non-hydrogen) atoms. The van der Waals surface area contributed by atoms with Gasteiger partial charge in [-0.05, 0) is 49.4 Å². The molecule has 0 saturated heterocycles. The number of methoxy groups -OCH3 is 2. The van der Waals surface area contributed by atoms with Crippen LogP contribution in [0.4, 0.5) is 0 Å². The lowest BCUT2D eigenvalue weighted by Crippen LogP contribution is -2.34. The van der Waals surface area contributed by atoms with Crippen LogP contribution in [-0.4, -0.2) is 26.7 Å². The maximum atomic E-state index is 12.4. The molecule has 1 fully saturated rings. The average Bonchev–Trinajstić information content (AvgIpc) is 3.08. The van der Waals surface area contributed by atoms with Gasteiger partial charge in [0.25, 0.3) is 0 Å². The number of carbonyl (C=O) groups is 1. The Labute approximate surface area is 144 Å². The van der Waals surface area contributed by atoms with Gasteiger partial charge in [0.05, 0.1) is 14.2 Å². The summed E-state index contributed by atoms with van der Waals surface area (Å²) in [6.07, 6.45) is 5.57. The van der Waals surface area contributed by atoms with Crippen molar-refractivity contribution in [2.45, 2.75) is 32.2 Å². The summed E-state index contributed by atoms with van der Waals surface area (Å²) in [5.41, 5.74) is 7.76. The number of nitrogens with two attached hydrogens (primary N) is 1. The molecule has 1 saturated carbocycles. The molecule has 0 aromatic heterocycles. The number of rotatable bonds is 8. The molecule has 0 unspecified atom stereocenters. The predicted molar refractivity (Wildman–Crippen MR) is 95.2 cm³/mol. The van der Waals surface area contributed by atoms with Crippen molar-refractivity contribution in [2.24, 2.45) is 17.6 Å². The normalized spacial score (nSPS) is 19.8. The maximum Gasteiger partial charge on any atom is 0.223 e. The number of ether oxygens (including phenoxy) is 2. The third-order valence-electron chi connectivity index (χ3n) is 4.75. The first kappa shape index (κ1) is 18.3. The smallest absolute Gasteiger partial charge is 0.223 e. The average molecular weight is 332 g/mol. The minimum absolute atomic E-state index is 0.0442. The third-order valence-corrected chi connectivity index (χ3v) is 4.75. The number of carbonyl (C=O) groups excluding carboxylic acids is 1. The zero-order chi connectivity index (χ0) is 17.5. The van der Waals surface area contributed by atoms with E-state index >= 15 is 0 Å². The Balaban J connectivity index is 2.10. The van der Waals surface area contributed by atoms with Gasteiger partial charge in [0.2, 0.25) is 5.91 Å². The SMILES string of the molecule is C=CCc1cc(CNC(=O)[C@@H]2CCC[C@@H]2CN)cc(OC)c1OC. The Kier molecular flexibility index (Phi) is 6.67. The lowest BCUT2D eigenvalue weighted by Gasteiger charge is -2.18. The number of hydrogen-bond acceptors (Lipinski definition) is 4. The Morgan fingerprint density at radius 2 is 2.17 bits per heavy atom. The Hall–Kier alpha value is -2.01. The van der Waals surface area contributed by atoms with Crippen molar-refractivity contribution < 1.29 is 14.3 Å². The number of allylic oxidation sites excluding steroid dienone is 1. The fourth-order valence-electron chi connectivity index (χ4n) is 3.50. The highest BCUT2D eigenvalue weighted by molar-refractivity contribution is 5.79. The second-order valence-corrected chi connectivity index (χ2v) is 6.23. The van der Waals surface area contributed by atoms with Gasteiger partial charge in [-0.15, -0.1) is 6.58 Å². The quantitative estimate of drug-likeness (QED) is 0.717. The molecule has 1 aromatic carbocycles. The minimum atomic E-state index is 0.0442. The van der Waals surface area contributed by atoms with Gasteiger partial charge >= 0.3 is 0 Å². The molecule has 132 valence electrons. The van der Waals surface area contributed by atoms with E-state index < -0.39 is 0 Å².